The summed E-state index contributed by atoms with van der Waals surface area (Å²) in [5.41, 5.74) is 0. The number of carbonyl (C=O) groups excluding carboxylic acids is 2. The summed E-state index contributed by atoms with van der Waals surface area (Å²) < 4.78 is 0. The molecule has 1 unspecified atom stereocenters. The summed E-state index contributed by atoms with van der Waals surface area (Å²) in [6.07, 6.45) is 11.7. The van der Waals surface area contributed by atoms with E-state index in [9.17, 15) is 9.59 Å². The number of hydrogen-bond donors (Lipinski definition) is 0. The monoisotopic (exact) mass is 728 g/mol. The standard InChI is InChI=1S/C24H31Cl2O2S2.Cm/c1-4-7-9-10-12-19-17(25)14-21(29-19)23(27)24(28)22-15-18(26)20(30-22)13-16(6-3)11-8-5-2;/h10,14-16H,4-9,11-13H2,1-3H3;/q-1;. The predicted molar refractivity (Wildman–Crippen MR) is 132 cm³/mol. The molecular weight excluding hydrogens is 702 g/mol. The first kappa shape index (κ1) is 27.4. The van der Waals surface area contributed by atoms with Crippen LogP contribution in [0.2, 0.25) is 10.0 Å². The van der Waals surface area contributed by atoms with Gasteiger partial charge < -0.3 is 6.42 Å². The molecule has 0 aliphatic heterocycles. The maximum absolute atomic E-state index is 12.8. The minimum absolute atomic E-state index is 0. The van der Waals surface area contributed by atoms with Crippen LogP contribution >= 0.6 is 45.9 Å². The van der Waals surface area contributed by atoms with Crippen molar-refractivity contribution in [1.82, 2.24) is 0 Å². The van der Waals surface area contributed by atoms with Crippen molar-refractivity contribution in [3.63, 3.8) is 0 Å². The summed E-state index contributed by atoms with van der Waals surface area (Å²) in [5, 5.41) is 1.16. The summed E-state index contributed by atoms with van der Waals surface area (Å²) >= 11 is 15.4. The van der Waals surface area contributed by atoms with E-state index in [0.717, 1.165) is 54.7 Å². The molecule has 0 saturated carbocycles. The molecule has 0 aliphatic rings. The van der Waals surface area contributed by atoms with Crippen LogP contribution in [0.4, 0.5) is 0 Å². The van der Waals surface area contributed by atoms with Gasteiger partial charge in [0.05, 0.1) is 19.8 Å². The van der Waals surface area contributed by atoms with Crippen LogP contribution in [0.5, 0.6) is 0 Å². The van der Waals surface area contributed by atoms with E-state index in [2.05, 4.69) is 27.2 Å². The fourth-order valence-corrected chi connectivity index (χ4v) is 6.15. The van der Waals surface area contributed by atoms with Gasteiger partial charge in [-0.3, -0.25) is 9.59 Å². The molecule has 1 atom stereocenters. The van der Waals surface area contributed by atoms with Crippen LogP contribution in [0.15, 0.2) is 12.1 Å². The van der Waals surface area contributed by atoms with Crippen LogP contribution in [0, 0.1) is 12.3 Å². The second-order valence-corrected chi connectivity index (χ2v) is 10.8. The third kappa shape index (κ3) is 7.75. The Hall–Kier alpha value is -1.68. The van der Waals surface area contributed by atoms with Crippen LogP contribution in [0.25, 0.3) is 0 Å². The second-order valence-electron chi connectivity index (χ2n) is 7.68. The zero-order chi connectivity index (χ0) is 22.1. The van der Waals surface area contributed by atoms with Gasteiger partial charge in [0.15, 0.2) is 0 Å². The van der Waals surface area contributed by atoms with Crippen molar-refractivity contribution in [3.8, 4) is 0 Å². The number of Topliss-reactive ketones (excluding diaryl/α,β-unsaturated/α-hetero) is 2. The number of halogens is 2. The molecule has 0 aliphatic carbocycles. The molecular formula is C24H31Cl2CmO2S2-. The Labute approximate surface area is 199 Å². The molecule has 0 saturated heterocycles. The molecule has 2 nitrogen and oxygen atoms in total. The van der Waals surface area contributed by atoms with E-state index < -0.39 is 11.6 Å². The van der Waals surface area contributed by atoms with Crippen LogP contribution in [-0.4, -0.2) is 11.6 Å². The largest absolute Gasteiger partial charge is 0.323 e. The molecule has 0 aromatic carbocycles. The zero-order valence-electron chi connectivity index (χ0n) is 18.4. The predicted octanol–water partition coefficient (Wildman–Crippen LogP) is 8.88. The number of ketones is 2. The Morgan fingerprint density at radius 1 is 0.935 bits per heavy atom. The summed E-state index contributed by atoms with van der Waals surface area (Å²) in [7, 11) is 0. The number of rotatable bonds is 14. The summed E-state index contributed by atoms with van der Waals surface area (Å²) in [6, 6.07) is 3.28. The van der Waals surface area contributed by atoms with Gasteiger partial charge in [-0.25, -0.2) is 0 Å². The van der Waals surface area contributed by atoms with E-state index in [0.29, 0.717) is 25.7 Å². The molecule has 0 radical (unpaired) electrons. The van der Waals surface area contributed by atoms with Gasteiger partial charge in [-0.05, 0) is 29.3 Å². The fourth-order valence-electron chi connectivity index (χ4n) is 3.33. The second kappa shape index (κ2) is 13.7. The van der Waals surface area contributed by atoms with Crippen LogP contribution in [0.1, 0.15) is 94.8 Å². The molecule has 0 fully saturated rings. The fraction of sp³-hybridized carbons (Fsp3) is 0.542. The number of carbonyl (C=O) groups is 2. The Balaban J connectivity index is 0.00000480. The average molecular weight is 734 g/mol. The van der Waals surface area contributed by atoms with Gasteiger partial charge in [0, 0.05) is 4.88 Å². The molecule has 2 aromatic heterocycles. The SMILES string of the molecule is CCCC[CH-]Cc1sc(C(=O)C(=O)c2cc(Cl)c(CC(CC)CCCC)s2)cc1Cl.[Cm]. The van der Waals surface area contributed by atoms with E-state index in [1.54, 1.807) is 12.1 Å². The van der Waals surface area contributed by atoms with Gasteiger partial charge >= 0.3 is 0 Å². The molecule has 0 spiro atoms. The van der Waals surface area contributed by atoms with Gasteiger partial charge in [0.1, 0.15) is 0 Å². The van der Waals surface area contributed by atoms with Crippen LogP contribution in [0.3, 0.4) is 0 Å². The van der Waals surface area contributed by atoms with Crippen molar-refractivity contribution in [1.29, 1.82) is 0 Å². The maximum atomic E-state index is 12.8. The van der Waals surface area contributed by atoms with E-state index >= 15 is 0 Å². The molecule has 174 valence electrons. The smallest absolute Gasteiger partial charge is 0.244 e. The quantitative estimate of drug-likeness (QED) is 0.0842. The Morgan fingerprint density at radius 2 is 1.48 bits per heavy atom. The van der Waals surface area contributed by atoms with Crippen LogP contribution in [-0.2, 0) is 12.8 Å². The van der Waals surface area contributed by atoms with Gasteiger partial charge in [-0.15, -0.1) is 29.1 Å². The van der Waals surface area contributed by atoms with Crippen molar-refractivity contribution in [2.24, 2.45) is 5.92 Å². The Morgan fingerprint density at radius 3 is 2.03 bits per heavy atom. The molecule has 0 amide bonds. The van der Waals surface area contributed by atoms with Crippen molar-refractivity contribution < 1.29 is 9.59 Å². The summed E-state index contributed by atoms with van der Waals surface area (Å²) in [6.45, 7) is 6.54. The van der Waals surface area contributed by atoms with Gasteiger partial charge in [-0.1, -0.05) is 82.5 Å². The summed E-state index contributed by atoms with van der Waals surface area (Å²) in [5.74, 6) is -0.430. The molecule has 0 N–H and O–H groups in total. The molecule has 31 heavy (non-hydrogen) atoms. The normalized spacial score (nSPS) is 11.9. The maximum Gasteiger partial charge on any atom is 0.244 e. The molecule has 2 aromatic rings. The van der Waals surface area contributed by atoms with E-state index in [4.69, 9.17) is 23.2 Å². The topological polar surface area (TPSA) is 34.1 Å². The summed E-state index contributed by atoms with van der Waals surface area (Å²) in [4.78, 5) is 28.4. The first-order valence-electron chi connectivity index (χ1n) is 10.9. The number of hydrogen-bond acceptors (Lipinski definition) is 4. The van der Waals surface area contributed by atoms with E-state index in [-0.39, 0.29) is 0 Å². The molecule has 2 rings (SSSR count). The van der Waals surface area contributed by atoms with E-state index in [1.165, 1.54) is 35.5 Å². The zero-order valence-corrected chi connectivity index (χ0v) is 24.5. The van der Waals surface area contributed by atoms with Crippen LogP contribution < -0.4 is 0 Å². The molecule has 2 heterocycles. The van der Waals surface area contributed by atoms with Gasteiger partial charge in [-0.2, -0.15) is 6.42 Å². The van der Waals surface area contributed by atoms with Crippen molar-refractivity contribution in [3.05, 3.63) is 48.1 Å². The van der Waals surface area contributed by atoms with Gasteiger partial charge in [0.25, 0.3) is 0 Å². The number of unbranched alkanes of at least 4 members (excludes halogenated alkanes) is 4. The third-order valence-corrected chi connectivity index (χ3v) is 8.49. The van der Waals surface area contributed by atoms with Crippen molar-refractivity contribution >= 4 is 57.4 Å². The minimum atomic E-state index is -0.496. The Kier molecular flexibility index (Phi) is 12.1. The molecule has 7 heteroatoms. The first-order valence-corrected chi connectivity index (χ1v) is 13.3. The van der Waals surface area contributed by atoms with Crippen molar-refractivity contribution in [2.45, 2.75) is 78.6 Å². The van der Waals surface area contributed by atoms with E-state index in [1.807, 2.05) is 0 Å². The van der Waals surface area contributed by atoms with Crippen molar-refractivity contribution in [2.75, 3.05) is 0 Å². The first-order chi connectivity index (χ1) is 14.4. The average Bonchev–Trinajstić information content (AvgIpc) is 3.29. The third-order valence-electron chi connectivity index (χ3n) is 5.28. The Bertz CT molecular complexity index is 845. The molecule has 0 bridgehead atoms. The number of thiophene rings is 2. The minimum Gasteiger partial charge on any atom is -0.323 e. The van der Waals surface area contributed by atoms with Gasteiger partial charge in [0.2, 0.25) is 11.6 Å².